The van der Waals surface area contributed by atoms with Crippen LogP contribution in [0.5, 0.6) is 5.75 Å². The van der Waals surface area contributed by atoms with Crippen LogP contribution in [-0.2, 0) is 19.6 Å². The van der Waals surface area contributed by atoms with Gasteiger partial charge in [-0.15, -0.1) is 0 Å². The van der Waals surface area contributed by atoms with Crippen LogP contribution < -0.4 is 14.8 Å². The maximum atomic E-state index is 12.9. The molecule has 3 rings (SSSR count). The Labute approximate surface area is 202 Å². The molecule has 1 aliphatic rings. The molecule has 12 heteroatoms. The van der Waals surface area contributed by atoms with Crippen LogP contribution in [0.1, 0.15) is 53.0 Å². The van der Waals surface area contributed by atoms with Gasteiger partial charge in [0.2, 0.25) is 10.0 Å². The molecule has 1 aliphatic carbocycles. The summed E-state index contributed by atoms with van der Waals surface area (Å²) in [4.78, 5) is 40.2. The van der Waals surface area contributed by atoms with E-state index in [1.54, 1.807) is 0 Å². The van der Waals surface area contributed by atoms with Crippen molar-refractivity contribution in [2.75, 3.05) is 18.9 Å². The zero-order valence-electron chi connectivity index (χ0n) is 18.9. The summed E-state index contributed by atoms with van der Waals surface area (Å²) in [5.74, 6) is -2.78. The molecule has 188 valence electrons. The fraction of sp³-hybridized carbons (Fsp3) is 0.391. The highest BCUT2D eigenvalue weighted by molar-refractivity contribution is 7.90. The highest BCUT2D eigenvalue weighted by Crippen LogP contribution is 2.20. The predicted molar refractivity (Wildman–Crippen MR) is 123 cm³/mol. The van der Waals surface area contributed by atoms with E-state index in [0.29, 0.717) is 0 Å². The van der Waals surface area contributed by atoms with E-state index in [1.807, 2.05) is 4.72 Å². The molecule has 0 radical (unpaired) electrons. The van der Waals surface area contributed by atoms with E-state index in [9.17, 15) is 27.2 Å². The quantitative estimate of drug-likeness (QED) is 0.465. The number of pyridine rings is 1. The summed E-state index contributed by atoms with van der Waals surface area (Å²) in [5, 5.41) is 2.41. The number of halogens is 1. The molecule has 35 heavy (non-hydrogen) atoms. The second-order valence-electron chi connectivity index (χ2n) is 7.92. The molecule has 2 N–H and O–H groups in total. The number of amides is 2. The molecule has 0 spiro atoms. The smallest absolute Gasteiger partial charge is 0.325 e. The molecule has 1 aromatic carbocycles. The van der Waals surface area contributed by atoms with Crippen molar-refractivity contribution in [2.24, 2.45) is 0 Å². The first kappa shape index (κ1) is 26.1. The minimum absolute atomic E-state index is 0.0532. The Morgan fingerprint density at radius 2 is 1.71 bits per heavy atom. The number of hydrogen-bond donors (Lipinski definition) is 2. The van der Waals surface area contributed by atoms with Gasteiger partial charge in [-0.05, 0) is 62.1 Å². The third-order valence-electron chi connectivity index (χ3n) is 5.18. The monoisotopic (exact) mass is 507 g/mol. The van der Waals surface area contributed by atoms with Crippen LogP contribution in [0.2, 0.25) is 0 Å². The lowest BCUT2D eigenvalue weighted by Crippen LogP contribution is -2.35. The lowest BCUT2D eigenvalue weighted by atomic mass is 9.98. The van der Waals surface area contributed by atoms with E-state index >= 15 is 0 Å². The van der Waals surface area contributed by atoms with Crippen LogP contribution in [-0.4, -0.2) is 56.2 Å². The normalized spacial score (nSPS) is 14.1. The molecule has 10 nitrogen and oxygen atoms in total. The van der Waals surface area contributed by atoms with Gasteiger partial charge in [0.1, 0.15) is 42.3 Å². The summed E-state index contributed by atoms with van der Waals surface area (Å²) in [6, 6.07) is 7.52. The number of sulfonamides is 1. The van der Waals surface area contributed by atoms with Gasteiger partial charge in [0, 0.05) is 6.20 Å². The number of carbonyl (C=O) groups excluding carboxylic acids is 3. The van der Waals surface area contributed by atoms with Gasteiger partial charge in [0.05, 0.1) is 5.56 Å². The summed E-state index contributed by atoms with van der Waals surface area (Å²) in [6.45, 7) is -0.563. The van der Waals surface area contributed by atoms with Gasteiger partial charge in [0.25, 0.3) is 11.8 Å². The van der Waals surface area contributed by atoms with E-state index in [-0.39, 0.29) is 36.3 Å². The van der Waals surface area contributed by atoms with Gasteiger partial charge in [0.15, 0.2) is 0 Å². The van der Waals surface area contributed by atoms with E-state index in [2.05, 4.69) is 10.3 Å². The van der Waals surface area contributed by atoms with Crippen molar-refractivity contribution in [2.45, 2.75) is 38.2 Å². The molecule has 1 saturated carbocycles. The molecule has 0 atom stereocenters. The number of nitrogens with one attached hydrogen (secondary N) is 2. The maximum Gasteiger partial charge on any atom is 0.325 e. The van der Waals surface area contributed by atoms with Gasteiger partial charge in [-0.3, -0.25) is 19.4 Å². The Balaban J connectivity index is 1.43. The lowest BCUT2D eigenvalue weighted by Gasteiger charge is -2.21. The van der Waals surface area contributed by atoms with Crippen LogP contribution in [0, 0.1) is 5.82 Å². The fourth-order valence-electron chi connectivity index (χ4n) is 3.37. The Kier molecular flexibility index (Phi) is 9.12. The van der Waals surface area contributed by atoms with Crippen molar-refractivity contribution in [1.82, 2.24) is 15.0 Å². The number of esters is 1. The average molecular weight is 508 g/mol. The van der Waals surface area contributed by atoms with Crippen molar-refractivity contribution < 1.29 is 36.7 Å². The van der Waals surface area contributed by atoms with Crippen LogP contribution >= 0.6 is 0 Å². The molecule has 0 aliphatic heterocycles. The average Bonchev–Trinajstić information content (AvgIpc) is 2.84. The molecule has 2 amide bonds. The van der Waals surface area contributed by atoms with Gasteiger partial charge in [-0.2, -0.15) is 0 Å². The highest BCUT2D eigenvalue weighted by atomic mass is 32.2. The Hall–Kier alpha value is -3.54. The number of hydrogen-bond acceptors (Lipinski definition) is 8. The second-order valence-corrected chi connectivity index (χ2v) is 9.76. The second kappa shape index (κ2) is 12.2. The minimum atomic E-state index is -4.02. The maximum absolute atomic E-state index is 12.9. The number of rotatable bonds is 10. The SMILES string of the molecule is O=C(CNC(=O)c1ccc(C(=O)NS(=O)(=O)CCOc2ccc(F)cc2)cn1)OC1CCCCC1. The zero-order valence-corrected chi connectivity index (χ0v) is 19.7. The van der Waals surface area contributed by atoms with Gasteiger partial charge in [-0.25, -0.2) is 17.5 Å². The largest absolute Gasteiger partial charge is 0.492 e. The minimum Gasteiger partial charge on any atom is -0.492 e. The summed E-state index contributed by atoms with van der Waals surface area (Å²) >= 11 is 0. The Morgan fingerprint density at radius 3 is 2.37 bits per heavy atom. The first-order valence-corrected chi connectivity index (χ1v) is 12.7. The third kappa shape index (κ3) is 8.63. The number of benzene rings is 1. The third-order valence-corrected chi connectivity index (χ3v) is 6.39. The molecule has 2 aromatic rings. The topological polar surface area (TPSA) is 141 Å². The molecule has 1 aromatic heterocycles. The molecule has 1 heterocycles. The number of nitrogens with zero attached hydrogens (tertiary/aromatic N) is 1. The predicted octanol–water partition coefficient (Wildman–Crippen LogP) is 1.96. The number of ether oxygens (including phenoxy) is 2. The molecular weight excluding hydrogens is 481 g/mol. The molecule has 0 bridgehead atoms. The van der Waals surface area contributed by atoms with Crippen molar-refractivity contribution in [3.8, 4) is 5.75 Å². The van der Waals surface area contributed by atoms with Crippen LogP contribution in [0.25, 0.3) is 0 Å². The first-order valence-electron chi connectivity index (χ1n) is 11.1. The standard InChI is InChI=1S/C23H26FN3O7S/c24-17-7-9-18(10-8-17)33-12-13-35(31,32)27-22(29)16-6-11-20(25-14-16)23(30)26-15-21(28)34-19-4-2-1-3-5-19/h6-11,14,19H,1-5,12-13,15H2,(H,26,30)(H,27,29). The fourth-order valence-corrected chi connectivity index (χ4v) is 4.17. The molecule has 0 saturated heterocycles. The first-order chi connectivity index (χ1) is 16.7. The zero-order chi connectivity index (χ0) is 25.3. The van der Waals surface area contributed by atoms with E-state index < -0.39 is 39.4 Å². The van der Waals surface area contributed by atoms with Gasteiger partial charge in [-0.1, -0.05) is 6.42 Å². The van der Waals surface area contributed by atoms with Crippen LogP contribution in [0.3, 0.4) is 0 Å². The van der Waals surface area contributed by atoms with E-state index in [4.69, 9.17) is 9.47 Å². The van der Waals surface area contributed by atoms with Crippen molar-refractivity contribution in [3.63, 3.8) is 0 Å². The van der Waals surface area contributed by atoms with Crippen molar-refractivity contribution in [1.29, 1.82) is 0 Å². The van der Waals surface area contributed by atoms with Gasteiger partial charge < -0.3 is 14.8 Å². The van der Waals surface area contributed by atoms with E-state index in [1.165, 1.54) is 36.4 Å². The Morgan fingerprint density at radius 1 is 1.00 bits per heavy atom. The molecule has 0 unspecified atom stereocenters. The summed E-state index contributed by atoms with van der Waals surface area (Å²) in [6.07, 6.45) is 5.73. The van der Waals surface area contributed by atoms with E-state index in [0.717, 1.165) is 38.3 Å². The van der Waals surface area contributed by atoms with Gasteiger partial charge >= 0.3 is 5.97 Å². The van der Waals surface area contributed by atoms with Crippen molar-refractivity contribution in [3.05, 3.63) is 59.7 Å². The lowest BCUT2D eigenvalue weighted by molar-refractivity contribution is -0.149. The van der Waals surface area contributed by atoms with Crippen LogP contribution in [0.15, 0.2) is 42.6 Å². The summed E-state index contributed by atoms with van der Waals surface area (Å²) in [5.41, 5.74) is -0.135. The van der Waals surface area contributed by atoms with Crippen molar-refractivity contribution >= 4 is 27.8 Å². The Bertz CT molecular complexity index is 1130. The summed E-state index contributed by atoms with van der Waals surface area (Å²) < 4.78 is 49.6. The number of aromatic nitrogens is 1. The summed E-state index contributed by atoms with van der Waals surface area (Å²) in [7, 11) is -4.02. The number of carbonyl (C=O) groups is 3. The molecule has 1 fully saturated rings. The highest BCUT2D eigenvalue weighted by Gasteiger charge is 2.20. The molecular formula is C23H26FN3O7S. The van der Waals surface area contributed by atoms with Crippen LogP contribution in [0.4, 0.5) is 4.39 Å².